The van der Waals surface area contributed by atoms with E-state index in [2.05, 4.69) is 10.2 Å². The van der Waals surface area contributed by atoms with Gasteiger partial charge in [-0.3, -0.25) is 33.4 Å². The van der Waals surface area contributed by atoms with Crippen LogP contribution in [0.15, 0.2) is 60.5 Å². The number of aromatic nitrogens is 4. The van der Waals surface area contributed by atoms with Crippen LogP contribution in [0, 0.1) is 0 Å². The second-order valence-electron chi connectivity index (χ2n) is 13.9. The fraction of sp³-hybridized carbons (Fsp3) is 0.429. The molecule has 3 aliphatic rings. The number of carbonyl (C=O) groups is 4. The predicted octanol–water partition coefficient (Wildman–Crippen LogP) is 4.87. The van der Waals surface area contributed by atoms with Gasteiger partial charge in [0.15, 0.2) is 0 Å². The molecular formula is C35H44F2N8O4. The summed E-state index contributed by atoms with van der Waals surface area (Å²) in [4.78, 5) is 54.4. The molecule has 49 heavy (non-hydrogen) atoms. The number of rotatable bonds is 7. The minimum atomic E-state index is -0.440. The van der Waals surface area contributed by atoms with Crippen LogP contribution in [0.25, 0.3) is 0 Å². The molecule has 0 radical (unpaired) electrons. The van der Waals surface area contributed by atoms with Gasteiger partial charge in [-0.1, -0.05) is 19.6 Å². The lowest BCUT2D eigenvalue weighted by molar-refractivity contribution is 0.0595. The number of hydrogen-bond acceptors (Lipinski definition) is 7. The van der Waals surface area contributed by atoms with E-state index in [-0.39, 0.29) is 62.1 Å². The average Bonchev–Trinajstić information content (AvgIpc) is 3.83. The van der Waals surface area contributed by atoms with Gasteiger partial charge in [0.2, 0.25) is 0 Å². The summed E-state index contributed by atoms with van der Waals surface area (Å²) in [7, 11) is 0. The second kappa shape index (κ2) is 13.9. The summed E-state index contributed by atoms with van der Waals surface area (Å²) < 4.78 is 29.4. The minimum Gasteiger partial charge on any atom is -0.328 e. The van der Waals surface area contributed by atoms with Crippen LogP contribution in [0.1, 0.15) is 102 Å². The van der Waals surface area contributed by atoms with Crippen molar-refractivity contribution in [3.05, 3.63) is 94.1 Å². The molecule has 5 heterocycles. The van der Waals surface area contributed by atoms with Crippen LogP contribution in [-0.4, -0.2) is 82.1 Å². The van der Waals surface area contributed by atoms with E-state index in [0.29, 0.717) is 59.3 Å². The molecule has 0 saturated heterocycles. The molecule has 2 N–H and O–H groups in total. The Morgan fingerprint density at radius 2 is 1.10 bits per heavy atom. The summed E-state index contributed by atoms with van der Waals surface area (Å²) in [5.41, 5.74) is 8.79. The van der Waals surface area contributed by atoms with Crippen LogP contribution in [0.5, 0.6) is 0 Å². The van der Waals surface area contributed by atoms with Gasteiger partial charge < -0.3 is 15.5 Å². The van der Waals surface area contributed by atoms with Gasteiger partial charge in [0.05, 0.1) is 91.4 Å². The van der Waals surface area contributed by atoms with Crippen molar-refractivity contribution in [3.8, 4) is 0 Å². The molecule has 0 atom stereocenters. The van der Waals surface area contributed by atoms with Crippen molar-refractivity contribution in [1.29, 1.82) is 0 Å². The van der Waals surface area contributed by atoms with Gasteiger partial charge >= 0.3 is 0 Å². The van der Waals surface area contributed by atoms with E-state index >= 15 is 0 Å². The molecule has 3 aliphatic heterocycles. The molecule has 0 bridgehead atoms. The zero-order chi connectivity index (χ0) is 35.1. The number of nitrogens with zero attached hydrogens (tertiary/aromatic N) is 7. The van der Waals surface area contributed by atoms with Gasteiger partial charge in [-0.15, -0.1) is 0 Å². The van der Waals surface area contributed by atoms with E-state index in [1.165, 1.54) is 6.20 Å². The molecule has 1 aromatic carbocycles. The molecule has 3 aromatic rings. The van der Waals surface area contributed by atoms with Crippen LogP contribution in [0.4, 0.5) is 8.78 Å². The summed E-state index contributed by atoms with van der Waals surface area (Å²) >= 11 is 0. The topological polar surface area (TPSA) is 140 Å². The summed E-state index contributed by atoms with van der Waals surface area (Å²) in [6.07, 6.45) is 3.94. The Balaban J connectivity index is 0.000000236. The maximum atomic E-state index is 13.7. The normalized spacial score (nSPS) is 16.1. The molecule has 0 spiro atoms. The van der Waals surface area contributed by atoms with Crippen molar-refractivity contribution in [2.75, 3.05) is 13.1 Å². The monoisotopic (exact) mass is 678 g/mol. The van der Waals surface area contributed by atoms with Gasteiger partial charge in [0, 0.05) is 17.6 Å². The summed E-state index contributed by atoms with van der Waals surface area (Å²) in [6.45, 7) is 13.0. The molecular weight excluding hydrogens is 634 g/mol. The Morgan fingerprint density at radius 3 is 1.47 bits per heavy atom. The number of benzene rings is 1. The standard InChI is InChI=1S/C21H21FN4O3.C13H19FN4O.CH4/c1-21(2,3)25-12-17-16(20(25)29)9-23-26(17)11-13(8-22)10-24-18(27)14-6-4-5-7-15(14)19(24)28;1-13(2,3)17-8-11-10(12(17)19)6-16-18(11)7-9(4-14)5-15;/h4-9H,10-12H2,1-3H3;4,6H,5,7-8,15H2,1-3H3;1H4/b13-8+;9-4+;. The lowest BCUT2D eigenvalue weighted by Gasteiger charge is -2.31. The zero-order valence-electron chi connectivity index (χ0n) is 28.0. The number of amides is 4. The molecule has 0 unspecified atom stereocenters. The van der Waals surface area contributed by atoms with E-state index in [9.17, 15) is 28.0 Å². The third-order valence-corrected chi connectivity index (χ3v) is 8.60. The van der Waals surface area contributed by atoms with Crippen molar-refractivity contribution in [1.82, 2.24) is 34.3 Å². The van der Waals surface area contributed by atoms with E-state index in [1.54, 1.807) is 49.6 Å². The second-order valence-corrected chi connectivity index (χ2v) is 13.9. The quantitative estimate of drug-likeness (QED) is 0.352. The van der Waals surface area contributed by atoms with E-state index < -0.39 is 11.8 Å². The number of halogens is 2. The fourth-order valence-corrected chi connectivity index (χ4v) is 5.84. The predicted molar refractivity (Wildman–Crippen MR) is 180 cm³/mol. The molecule has 0 aliphatic carbocycles. The Hall–Kier alpha value is -4.98. The van der Waals surface area contributed by atoms with Crippen molar-refractivity contribution < 1.29 is 28.0 Å². The van der Waals surface area contributed by atoms with Crippen LogP contribution >= 0.6 is 0 Å². The summed E-state index contributed by atoms with van der Waals surface area (Å²) in [6, 6.07) is 6.54. The Kier molecular flexibility index (Phi) is 10.4. The zero-order valence-corrected chi connectivity index (χ0v) is 28.0. The first-order valence-corrected chi connectivity index (χ1v) is 15.6. The Bertz CT molecular complexity index is 1810. The average molecular weight is 679 g/mol. The third kappa shape index (κ3) is 6.95. The minimum absolute atomic E-state index is 0. The highest BCUT2D eigenvalue weighted by Crippen LogP contribution is 2.31. The third-order valence-electron chi connectivity index (χ3n) is 8.60. The summed E-state index contributed by atoms with van der Waals surface area (Å²) in [5, 5.41) is 8.36. The van der Waals surface area contributed by atoms with Gasteiger partial charge in [-0.2, -0.15) is 10.2 Å². The molecule has 262 valence electrons. The number of carbonyl (C=O) groups excluding carboxylic acids is 4. The Labute approximate surface area is 284 Å². The van der Waals surface area contributed by atoms with Gasteiger partial charge in [0.25, 0.3) is 23.6 Å². The van der Waals surface area contributed by atoms with E-state index in [0.717, 1.165) is 10.6 Å². The van der Waals surface area contributed by atoms with Gasteiger partial charge in [-0.05, 0) is 64.8 Å². The maximum Gasteiger partial charge on any atom is 0.261 e. The largest absolute Gasteiger partial charge is 0.328 e. The van der Waals surface area contributed by atoms with Crippen LogP contribution in [-0.2, 0) is 26.2 Å². The summed E-state index contributed by atoms with van der Waals surface area (Å²) in [5.74, 6) is -1.01. The molecule has 14 heteroatoms. The van der Waals surface area contributed by atoms with Gasteiger partial charge in [0.1, 0.15) is 0 Å². The number of nitrogens with two attached hydrogens (primary N) is 1. The fourth-order valence-electron chi connectivity index (χ4n) is 5.84. The van der Waals surface area contributed by atoms with Crippen molar-refractivity contribution in [2.45, 2.75) is 86.2 Å². The first kappa shape index (κ1) is 36.8. The first-order chi connectivity index (χ1) is 22.6. The van der Waals surface area contributed by atoms with E-state index in [1.807, 2.05) is 41.5 Å². The SMILES string of the molecule is C.CC(C)(C)N1Cc2c(cnn2C/C(=C/F)CN)C1=O.CC(C)(C)N1Cc2c(cnn2C/C(=C/F)CN2C(=O)c3ccccc3C2=O)C1=O. The highest BCUT2D eigenvalue weighted by Gasteiger charge is 2.39. The highest BCUT2D eigenvalue weighted by molar-refractivity contribution is 6.21. The molecule has 0 fully saturated rings. The van der Waals surface area contributed by atoms with Gasteiger partial charge in [-0.25, -0.2) is 8.78 Å². The number of hydrogen-bond donors (Lipinski definition) is 1. The van der Waals surface area contributed by atoms with E-state index in [4.69, 9.17) is 5.73 Å². The highest BCUT2D eigenvalue weighted by atomic mass is 19.1. The molecule has 0 saturated carbocycles. The lowest BCUT2D eigenvalue weighted by atomic mass is 10.1. The smallest absolute Gasteiger partial charge is 0.261 e. The lowest BCUT2D eigenvalue weighted by Crippen LogP contribution is -2.41. The number of imide groups is 1. The molecule has 2 aromatic heterocycles. The van der Waals surface area contributed by atoms with Crippen molar-refractivity contribution in [3.63, 3.8) is 0 Å². The van der Waals surface area contributed by atoms with Crippen molar-refractivity contribution in [2.24, 2.45) is 5.73 Å². The Morgan fingerprint density at radius 1 is 0.694 bits per heavy atom. The van der Waals surface area contributed by atoms with Crippen LogP contribution in [0.2, 0.25) is 0 Å². The molecule has 6 rings (SSSR count). The molecule has 4 amide bonds. The van der Waals surface area contributed by atoms with Crippen LogP contribution in [0.3, 0.4) is 0 Å². The van der Waals surface area contributed by atoms with Crippen molar-refractivity contribution >= 4 is 23.6 Å². The molecule has 12 nitrogen and oxygen atoms in total. The first-order valence-electron chi connectivity index (χ1n) is 15.6. The maximum absolute atomic E-state index is 13.7. The van der Waals surface area contributed by atoms with Crippen LogP contribution < -0.4 is 5.73 Å². The number of fused-ring (bicyclic) bond motifs is 3.